The Morgan fingerprint density at radius 1 is 1.03 bits per heavy atom. The molecule has 2 amide bonds. The van der Waals surface area contributed by atoms with Gasteiger partial charge in [0.25, 0.3) is 11.8 Å². The molecule has 33 heavy (non-hydrogen) atoms. The minimum atomic E-state index is -0.971. The first-order valence-electron chi connectivity index (χ1n) is 10.5. The van der Waals surface area contributed by atoms with Crippen molar-refractivity contribution in [3.63, 3.8) is 0 Å². The number of piperazine rings is 1. The van der Waals surface area contributed by atoms with Gasteiger partial charge < -0.3 is 19.5 Å². The monoisotopic (exact) mass is 449 g/mol. The minimum Gasteiger partial charge on any atom is -0.442 e. The molecule has 168 valence electrons. The number of Topliss-reactive ketones (excluding diaryl/α,β-unsaturated/α-hetero) is 1. The van der Waals surface area contributed by atoms with E-state index in [-0.39, 0.29) is 31.1 Å². The van der Waals surface area contributed by atoms with Crippen molar-refractivity contribution in [1.29, 1.82) is 0 Å². The number of anilines is 1. The SMILES string of the molecule is O=C(C(=O)N1CCN(C(=O)c2ccccc2)CC1)C1CNc2c(-c3cnco3)ncc(F)c21. The van der Waals surface area contributed by atoms with Crippen molar-refractivity contribution >= 4 is 23.3 Å². The molecule has 2 aromatic heterocycles. The molecule has 4 heterocycles. The molecule has 0 bridgehead atoms. The lowest BCUT2D eigenvalue weighted by Crippen LogP contribution is -2.52. The van der Waals surface area contributed by atoms with Crippen LogP contribution in [0.4, 0.5) is 10.1 Å². The number of aromatic nitrogens is 2. The second kappa shape index (κ2) is 8.45. The van der Waals surface area contributed by atoms with Gasteiger partial charge in [0.2, 0.25) is 5.78 Å². The van der Waals surface area contributed by atoms with Crippen LogP contribution >= 0.6 is 0 Å². The fraction of sp³-hybridized carbons (Fsp3) is 0.261. The van der Waals surface area contributed by atoms with E-state index in [0.717, 1.165) is 6.20 Å². The average molecular weight is 449 g/mol. The Balaban J connectivity index is 1.29. The number of benzene rings is 1. The van der Waals surface area contributed by atoms with Gasteiger partial charge in [0, 0.05) is 43.9 Å². The number of amides is 2. The number of hydrogen-bond donors (Lipinski definition) is 1. The summed E-state index contributed by atoms with van der Waals surface area (Å²) in [4.78, 5) is 49.6. The van der Waals surface area contributed by atoms with E-state index >= 15 is 0 Å². The number of nitrogens with one attached hydrogen (secondary N) is 1. The van der Waals surface area contributed by atoms with E-state index in [9.17, 15) is 18.8 Å². The van der Waals surface area contributed by atoms with Gasteiger partial charge in [0.15, 0.2) is 12.2 Å². The van der Waals surface area contributed by atoms with Crippen LogP contribution in [0.15, 0.2) is 53.5 Å². The van der Waals surface area contributed by atoms with E-state index in [0.29, 0.717) is 35.8 Å². The molecule has 1 atom stereocenters. The van der Waals surface area contributed by atoms with E-state index in [1.165, 1.54) is 17.5 Å². The second-order valence-electron chi connectivity index (χ2n) is 7.86. The highest BCUT2D eigenvalue weighted by Crippen LogP contribution is 2.40. The summed E-state index contributed by atoms with van der Waals surface area (Å²) in [5, 5.41) is 2.99. The molecule has 1 aromatic carbocycles. The van der Waals surface area contributed by atoms with Crippen LogP contribution in [-0.4, -0.2) is 70.1 Å². The Morgan fingerprint density at radius 2 is 1.76 bits per heavy atom. The van der Waals surface area contributed by atoms with Crippen molar-refractivity contribution in [2.75, 3.05) is 38.0 Å². The summed E-state index contributed by atoms with van der Waals surface area (Å²) >= 11 is 0. The Labute approximate surface area is 188 Å². The van der Waals surface area contributed by atoms with Gasteiger partial charge in [-0.3, -0.25) is 14.4 Å². The molecule has 1 N–H and O–H groups in total. The number of nitrogens with zero attached hydrogens (tertiary/aromatic N) is 4. The molecule has 0 spiro atoms. The molecule has 2 aliphatic rings. The molecule has 1 fully saturated rings. The first-order chi connectivity index (χ1) is 16.0. The quantitative estimate of drug-likeness (QED) is 0.607. The summed E-state index contributed by atoms with van der Waals surface area (Å²) in [6.45, 7) is 1.19. The molecule has 5 rings (SSSR count). The third-order valence-electron chi connectivity index (χ3n) is 5.97. The third-order valence-corrected chi connectivity index (χ3v) is 5.97. The number of carbonyl (C=O) groups is 3. The highest BCUT2D eigenvalue weighted by Gasteiger charge is 2.39. The summed E-state index contributed by atoms with van der Waals surface area (Å²) in [6, 6.07) is 8.90. The van der Waals surface area contributed by atoms with Crippen molar-refractivity contribution < 1.29 is 23.2 Å². The van der Waals surface area contributed by atoms with Crippen LogP contribution in [0.3, 0.4) is 0 Å². The van der Waals surface area contributed by atoms with E-state index in [4.69, 9.17) is 4.42 Å². The van der Waals surface area contributed by atoms with E-state index < -0.39 is 23.4 Å². The number of ketones is 1. The maximum absolute atomic E-state index is 14.7. The molecule has 1 unspecified atom stereocenters. The molecular formula is C23H20FN5O4. The van der Waals surface area contributed by atoms with Gasteiger partial charge in [-0.2, -0.15) is 0 Å². The third kappa shape index (κ3) is 3.73. The summed E-state index contributed by atoms with van der Waals surface area (Å²) in [5.41, 5.74) is 1.34. The van der Waals surface area contributed by atoms with Crippen molar-refractivity contribution in [3.05, 3.63) is 66.1 Å². The van der Waals surface area contributed by atoms with Gasteiger partial charge in [-0.1, -0.05) is 18.2 Å². The molecule has 0 aliphatic carbocycles. The van der Waals surface area contributed by atoms with Gasteiger partial charge >= 0.3 is 0 Å². The van der Waals surface area contributed by atoms with Crippen LogP contribution in [0, 0.1) is 5.82 Å². The number of halogens is 1. The van der Waals surface area contributed by atoms with Crippen LogP contribution < -0.4 is 5.32 Å². The van der Waals surface area contributed by atoms with Crippen molar-refractivity contribution in [1.82, 2.24) is 19.8 Å². The van der Waals surface area contributed by atoms with Gasteiger partial charge in [-0.15, -0.1) is 0 Å². The summed E-state index contributed by atoms with van der Waals surface area (Å²) in [6.07, 6.45) is 3.69. The number of oxazole rings is 1. The standard InChI is InChI=1S/C23H20FN5O4/c24-16-11-27-19(17-12-25-13-33-17)20-18(16)15(10-26-20)21(30)23(32)29-8-6-28(7-9-29)22(31)14-4-2-1-3-5-14/h1-5,11-13,15,26H,6-10H2. The molecule has 0 radical (unpaired) electrons. The highest BCUT2D eigenvalue weighted by atomic mass is 19.1. The normalized spacial score (nSPS) is 17.4. The number of fused-ring (bicyclic) bond motifs is 1. The summed E-state index contributed by atoms with van der Waals surface area (Å²) in [7, 11) is 0. The predicted octanol–water partition coefficient (Wildman–Crippen LogP) is 1.94. The maximum Gasteiger partial charge on any atom is 0.290 e. The lowest BCUT2D eigenvalue weighted by Gasteiger charge is -2.34. The number of pyridine rings is 1. The van der Waals surface area contributed by atoms with Crippen molar-refractivity contribution in [2.24, 2.45) is 0 Å². The number of carbonyl (C=O) groups excluding carboxylic acids is 3. The molecule has 0 saturated carbocycles. The van der Waals surface area contributed by atoms with Crippen LogP contribution in [-0.2, 0) is 9.59 Å². The van der Waals surface area contributed by atoms with Crippen molar-refractivity contribution in [2.45, 2.75) is 5.92 Å². The topological polar surface area (TPSA) is 109 Å². The average Bonchev–Trinajstić information content (AvgIpc) is 3.55. The molecular weight excluding hydrogens is 429 g/mol. The minimum absolute atomic E-state index is 0.0795. The summed E-state index contributed by atoms with van der Waals surface area (Å²) < 4.78 is 19.9. The fourth-order valence-electron chi connectivity index (χ4n) is 4.25. The maximum atomic E-state index is 14.7. The van der Waals surface area contributed by atoms with Crippen LogP contribution in [0.5, 0.6) is 0 Å². The Kier molecular flexibility index (Phi) is 5.33. The molecule has 10 heteroatoms. The zero-order valence-electron chi connectivity index (χ0n) is 17.5. The number of hydrogen-bond acceptors (Lipinski definition) is 7. The zero-order valence-corrected chi connectivity index (χ0v) is 17.5. The predicted molar refractivity (Wildman–Crippen MR) is 115 cm³/mol. The first kappa shape index (κ1) is 20.8. The molecule has 3 aromatic rings. The van der Waals surface area contributed by atoms with Gasteiger partial charge in [0.05, 0.1) is 24.0 Å². The highest BCUT2D eigenvalue weighted by molar-refractivity contribution is 6.38. The van der Waals surface area contributed by atoms with Gasteiger partial charge in [-0.25, -0.2) is 14.4 Å². The molecule has 1 saturated heterocycles. The van der Waals surface area contributed by atoms with Gasteiger partial charge in [0.1, 0.15) is 11.5 Å². The largest absolute Gasteiger partial charge is 0.442 e. The summed E-state index contributed by atoms with van der Waals surface area (Å²) in [5.74, 6) is -2.80. The van der Waals surface area contributed by atoms with E-state index in [1.54, 1.807) is 29.2 Å². The van der Waals surface area contributed by atoms with Crippen molar-refractivity contribution in [3.8, 4) is 11.5 Å². The zero-order chi connectivity index (χ0) is 22.9. The second-order valence-corrected chi connectivity index (χ2v) is 7.86. The molecule has 2 aliphatic heterocycles. The number of rotatable bonds is 4. The van der Waals surface area contributed by atoms with E-state index in [1.807, 2.05) is 6.07 Å². The Bertz CT molecular complexity index is 1210. The first-order valence-corrected chi connectivity index (χ1v) is 10.5. The van der Waals surface area contributed by atoms with Gasteiger partial charge in [-0.05, 0) is 12.1 Å². The fourth-order valence-corrected chi connectivity index (χ4v) is 4.25. The van der Waals surface area contributed by atoms with Crippen LogP contribution in [0.25, 0.3) is 11.5 Å². The lowest BCUT2D eigenvalue weighted by molar-refractivity contribution is -0.146. The van der Waals surface area contributed by atoms with Crippen LogP contribution in [0.2, 0.25) is 0 Å². The molecule has 9 nitrogen and oxygen atoms in total. The lowest BCUT2D eigenvalue weighted by atomic mass is 9.95. The Morgan fingerprint density at radius 3 is 2.45 bits per heavy atom. The van der Waals surface area contributed by atoms with Crippen LogP contribution in [0.1, 0.15) is 21.8 Å². The smallest absolute Gasteiger partial charge is 0.290 e. The van der Waals surface area contributed by atoms with E-state index in [2.05, 4.69) is 15.3 Å². The Hall–Kier alpha value is -4.08.